The number of halogens is 1. The summed E-state index contributed by atoms with van der Waals surface area (Å²) in [5.41, 5.74) is 1.79. The largest absolute Gasteiger partial charge is 0.496 e. The van der Waals surface area contributed by atoms with Crippen LogP contribution in [0.15, 0.2) is 53.0 Å². The van der Waals surface area contributed by atoms with E-state index in [4.69, 9.17) is 9.47 Å². The Bertz CT molecular complexity index is 663. The van der Waals surface area contributed by atoms with Crippen molar-refractivity contribution in [3.8, 4) is 5.75 Å². The molecule has 0 saturated heterocycles. The Morgan fingerprint density at radius 3 is 2.67 bits per heavy atom. The fourth-order valence-electron chi connectivity index (χ4n) is 2.26. The average Bonchev–Trinajstić information content (AvgIpc) is 2.60. The minimum Gasteiger partial charge on any atom is -0.496 e. The second-order valence-corrected chi connectivity index (χ2v) is 6.16. The number of ether oxygens (including phenoxy) is 2. The van der Waals surface area contributed by atoms with E-state index in [-0.39, 0.29) is 13.2 Å². The predicted octanol–water partition coefficient (Wildman–Crippen LogP) is 3.29. The van der Waals surface area contributed by atoms with Crippen LogP contribution in [0.5, 0.6) is 5.75 Å². The molecule has 1 unspecified atom stereocenters. The van der Waals surface area contributed by atoms with Gasteiger partial charge in [0.15, 0.2) is 0 Å². The summed E-state index contributed by atoms with van der Waals surface area (Å²) in [6, 6.07) is 14.6. The van der Waals surface area contributed by atoms with Crippen LogP contribution in [0.2, 0.25) is 0 Å². The van der Waals surface area contributed by atoms with Crippen molar-refractivity contribution in [2.45, 2.75) is 19.1 Å². The number of rotatable bonds is 7. The normalized spacial score (nSPS) is 11.6. The highest BCUT2D eigenvalue weighted by atomic mass is 79.9. The first-order valence-corrected chi connectivity index (χ1v) is 8.32. The van der Waals surface area contributed by atoms with Gasteiger partial charge in [-0.05, 0) is 35.7 Å². The SMILES string of the molecule is COc1ccc(Br)cc1CC(CO)NC(=O)OCc1ccccc1. The molecule has 0 aromatic heterocycles. The van der Waals surface area contributed by atoms with E-state index in [1.54, 1.807) is 7.11 Å². The van der Waals surface area contributed by atoms with Crippen LogP contribution in [0.1, 0.15) is 11.1 Å². The summed E-state index contributed by atoms with van der Waals surface area (Å²) in [6.45, 7) is -0.0128. The first-order valence-electron chi connectivity index (χ1n) is 7.53. The van der Waals surface area contributed by atoms with E-state index in [9.17, 15) is 9.90 Å². The van der Waals surface area contributed by atoms with Gasteiger partial charge in [0.2, 0.25) is 0 Å². The Balaban J connectivity index is 1.92. The van der Waals surface area contributed by atoms with Crippen molar-refractivity contribution >= 4 is 22.0 Å². The highest BCUT2D eigenvalue weighted by Crippen LogP contribution is 2.24. The summed E-state index contributed by atoms with van der Waals surface area (Å²) < 4.78 is 11.4. The number of aliphatic hydroxyl groups is 1. The fraction of sp³-hybridized carbons (Fsp3) is 0.278. The van der Waals surface area contributed by atoms with Crippen LogP contribution < -0.4 is 10.1 Å². The molecule has 0 aliphatic heterocycles. The molecule has 2 aromatic rings. The molecule has 0 heterocycles. The number of carbonyl (C=O) groups is 1. The van der Waals surface area contributed by atoms with Crippen LogP contribution in [-0.2, 0) is 17.8 Å². The highest BCUT2D eigenvalue weighted by Gasteiger charge is 2.16. The first-order chi connectivity index (χ1) is 11.6. The van der Waals surface area contributed by atoms with Gasteiger partial charge in [-0.25, -0.2) is 4.79 Å². The Morgan fingerprint density at radius 2 is 2.00 bits per heavy atom. The zero-order valence-electron chi connectivity index (χ0n) is 13.4. The molecular weight excluding hydrogens is 374 g/mol. The first kappa shape index (κ1) is 18.3. The van der Waals surface area contributed by atoms with Gasteiger partial charge in [0.05, 0.1) is 19.8 Å². The minimum atomic E-state index is -0.563. The highest BCUT2D eigenvalue weighted by molar-refractivity contribution is 9.10. The molecule has 1 amide bonds. The molecule has 0 bridgehead atoms. The van der Waals surface area contributed by atoms with E-state index in [0.29, 0.717) is 12.2 Å². The molecule has 0 saturated carbocycles. The lowest BCUT2D eigenvalue weighted by atomic mass is 10.1. The average molecular weight is 394 g/mol. The minimum absolute atomic E-state index is 0.186. The van der Waals surface area contributed by atoms with Gasteiger partial charge in [-0.1, -0.05) is 46.3 Å². The second kappa shape index (κ2) is 9.30. The Hall–Kier alpha value is -2.05. The molecule has 0 radical (unpaired) electrons. The van der Waals surface area contributed by atoms with Gasteiger partial charge in [0.1, 0.15) is 12.4 Å². The lowest BCUT2D eigenvalue weighted by Gasteiger charge is -2.18. The number of amides is 1. The van der Waals surface area contributed by atoms with Crippen LogP contribution in [0.4, 0.5) is 4.79 Å². The van der Waals surface area contributed by atoms with Crippen LogP contribution >= 0.6 is 15.9 Å². The van der Waals surface area contributed by atoms with Gasteiger partial charge in [0, 0.05) is 4.47 Å². The van der Waals surface area contributed by atoms with Crippen molar-refractivity contribution in [3.63, 3.8) is 0 Å². The van der Waals surface area contributed by atoms with Gasteiger partial charge in [-0.15, -0.1) is 0 Å². The lowest BCUT2D eigenvalue weighted by molar-refractivity contribution is 0.129. The molecule has 0 fully saturated rings. The maximum absolute atomic E-state index is 11.9. The molecule has 6 heteroatoms. The van der Waals surface area contributed by atoms with E-state index in [2.05, 4.69) is 21.2 Å². The molecule has 0 aliphatic carbocycles. The molecule has 1 atom stereocenters. The molecular formula is C18H20BrNO4. The number of carbonyl (C=O) groups excluding carboxylic acids is 1. The molecule has 5 nitrogen and oxygen atoms in total. The van der Waals surface area contributed by atoms with Crippen molar-refractivity contribution in [3.05, 3.63) is 64.1 Å². The Morgan fingerprint density at radius 1 is 1.25 bits per heavy atom. The number of alkyl carbamates (subject to hydrolysis) is 1. The summed E-state index contributed by atoms with van der Waals surface area (Å²) >= 11 is 3.41. The van der Waals surface area contributed by atoms with Gasteiger partial charge in [0.25, 0.3) is 0 Å². The van der Waals surface area contributed by atoms with Gasteiger partial charge in [-0.2, -0.15) is 0 Å². The van der Waals surface area contributed by atoms with E-state index < -0.39 is 12.1 Å². The third-order valence-electron chi connectivity index (χ3n) is 3.46. The summed E-state index contributed by atoms with van der Waals surface area (Å²) in [5, 5.41) is 12.2. The Labute approximate surface area is 149 Å². The fourth-order valence-corrected chi connectivity index (χ4v) is 2.67. The summed E-state index contributed by atoms with van der Waals surface area (Å²) in [6.07, 6.45) is -0.133. The smallest absolute Gasteiger partial charge is 0.407 e. The molecule has 2 N–H and O–H groups in total. The lowest BCUT2D eigenvalue weighted by Crippen LogP contribution is -2.39. The van der Waals surface area contributed by atoms with E-state index >= 15 is 0 Å². The zero-order valence-corrected chi connectivity index (χ0v) is 15.0. The number of benzene rings is 2. The van der Waals surface area contributed by atoms with Crippen LogP contribution in [0.3, 0.4) is 0 Å². The molecule has 0 spiro atoms. The van der Waals surface area contributed by atoms with Crippen molar-refractivity contribution in [2.24, 2.45) is 0 Å². The maximum Gasteiger partial charge on any atom is 0.407 e. The van der Waals surface area contributed by atoms with E-state index in [1.807, 2.05) is 48.5 Å². The van der Waals surface area contributed by atoms with Crippen molar-refractivity contribution in [1.82, 2.24) is 5.32 Å². The third kappa shape index (κ3) is 5.54. The van der Waals surface area contributed by atoms with Crippen LogP contribution in [-0.4, -0.2) is 31.0 Å². The van der Waals surface area contributed by atoms with Gasteiger partial charge in [-0.3, -0.25) is 0 Å². The predicted molar refractivity (Wildman–Crippen MR) is 95.0 cm³/mol. The van der Waals surface area contributed by atoms with E-state index in [0.717, 1.165) is 15.6 Å². The van der Waals surface area contributed by atoms with Crippen LogP contribution in [0.25, 0.3) is 0 Å². The van der Waals surface area contributed by atoms with Crippen molar-refractivity contribution < 1.29 is 19.4 Å². The maximum atomic E-state index is 11.9. The second-order valence-electron chi connectivity index (χ2n) is 5.25. The van der Waals surface area contributed by atoms with E-state index in [1.165, 1.54) is 0 Å². The zero-order chi connectivity index (χ0) is 17.4. The molecule has 0 aliphatic rings. The topological polar surface area (TPSA) is 67.8 Å². The molecule has 24 heavy (non-hydrogen) atoms. The number of aliphatic hydroxyl groups excluding tert-OH is 1. The number of methoxy groups -OCH3 is 1. The molecule has 128 valence electrons. The number of nitrogens with one attached hydrogen (secondary N) is 1. The summed E-state index contributed by atoms with van der Waals surface area (Å²) in [4.78, 5) is 11.9. The van der Waals surface area contributed by atoms with Gasteiger partial charge >= 0.3 is 6.09 Å². The van der Waals surface area contributed by atoms with Crippen LogP contribution in [0, 0.1) is 0 Å². The molecule has 2 rings (SSSR count). The Kier molecular flexibility index (Phi) is 7.08. The third-order valence-corrected chi connectivity index (χ3v) is 3.96. The quantitative estimate of drug-likeness (QED) is 0.757. The summed E-state index contributed by atoms with van der Waals surface area (Å²) in [7, 11) is 1.59. The molecule has 2 aromatic carbocycles. The van der Waals surface area contributed by atoms with Crippen molar-refractivity contribution in [1.29, 1.82) is 0 Å². The van der Waals surface area contributed by atoms with Crippen molar-refractivity contribution in [2.75, 3.05) is 13.7 Å². The number of hydrogen-bond acceptors (Lipinski definition) is 4. The monoisotopic (exact) mass is 393 g/mol. The standard InChI is InChI=1S/C18H20BrNO4/c1-23-17-8-7-15(19)9-14(17)10-16(11-21)20-18(22)24-12-13-5-3-2-4-6-13/h2-9,16,21H,10-12H2,1H3,(H,20,22). The number of hydrogen-bond donors (Lipinski definition) is 2. The summed E-state index contributed by atoms with van der Waals surface area (Å²) in [5.74, 6) is 0.705. The van der Waals surface area contributed by atoms with Gasteiger partial charge < -0.3 is 19.9 Å².